The summed E-state index contributed by atoms with van der Waals surface area (Å²) in [5.74, 6) is 1.87. The SMILES string of the molecule is Cc1cc(OC2CCC(N)c3ccccc32)cn2c(C3CCCN3C)nnc12. The zero-order valence-corrected chi connectivity index (χ0v) is 16.5. The highest BCUT2D eigenvalue weighted by molar-refractivity contribution is 5.50. The minimum Gasteiger partial charge on any atom is -0.484 e. The van der Waals surface area contributed by atoms with Crippen molar-refractivity contribution >= 4 is 5.65 Å². The van der Waals surface area contributed by atoms with E-state index in [0.717, 1.165) is 48.6 Å². The fourth-order valence-corrected chi connectivity index (χ4v) is 4.74. The summed E-state index contributed by atoms with van der Waals surface area (Å²) in [6.07, 6.45) is 6.27. The number of pyridine rings is 1. The Morgan fingerprint density at radius 1 is 1.11 bits per heavy atom. The van der Waals surface area contributed by atoms with Gasteiger partial charge in [0, 0.05) is 6.04 Å². The van der Waals surface area contributed by atoms with Gasteiger partial charge >= 0.3 is 0 Å². The summed E-state index contributed by atoms with van der Waals surface area (Å²) in [6, 6.07) is 10.9. The minimum absolute atomic E-state index is 0.0296. The fourth-order valence-electron chi connectivity index (χ4n) is 4.74. The molecule has 3 aromatic rings. The van der Waals surface area contributed by atoms with Crippen LogP contribution in [-0.2, 0) is 0 Å². The first-order valence-corrected chi connectivity index (χ1v) is 10.2. The highest BCUT2D eigenvalue weighted by Crippen LogP contribution is 2.38. The van der Waals surface area contributed by atoms with E-state index in [0.29, 0.717) is 6.04 Å². The minimum atomic E-state index is 0.0296. The molecule has 6 heteroatoms. The molecule has 3 unspecified atom stereocenters. The van der Waals surface area contributed by atoms with E-state index in [1.807, 2.05) is 0 Å². The summed E-state index contributed by atoms with van der Waals surface area (Å²) < 4.78 is 8.61. The standard InChI is InChI=1S/C22H27N5O/c1-14-12-15(28-20-10-9-18(23)16-6-3-4-7-17(16)20)13-27-21(14)24-25-22(27)19-8-5-11-26(19)2/h3-4,6-7,12-13,18-20H,5,8-11,23H2,1-2H3. The average molecular weight is 377 g/mol. The second kappa shape index (κ2) is 6.87. The number of rotatable bonds is 3. The Kier molecular flexibility index (Phi) is 4.33. The molecular weight excluding hydrogens is 350 g/mol. The van der Waals surface area contributed by atoms with Crippen LogP contribution >= 0.6 is 0 Å². The molecule has 0 saturated carbocycles. The van der Waals surface area contributed by atoms with Crippen molar-refractivity contribution in [2.24, 2.45) is 5.73 Å². The van der Waals surface area contributed by atoms with Crippen molar-refractivity contribution in [1.29, 1.82) is 0 Å². The number of aromatic nitrogens is 3. The van der Waals surface area contributed by atoms with Crippen LogP contribution in [0, 0.1) is 6.92 Å². The van der Waals surface area contributed by atoms with Crippen LogP contribution in [0.4, 0.5) is 0 Å². The molecular formula is C22H27N5O. The maximum absolute atomic E-state index is 6.49. The topological polar surface area (TPSA) is 68.7 Å². The normalized spacial score (nSPS) is 25.2. The van der Waals surface area contributed by atoms with Crippen LogP contribution in [0.2, 0.25) is 0 Å². The van der Waals surface area contributed by atoms with Gasteiger partial charge in [-0.3, -0.25) is 9.30 Å². The van der Waals surface area contributed by atoms with Gasteiger partial charge < -0.3 is 10.5 Å². The second-order valence-corrected chi connectivity index (χ2v) is 8.17. The van der Waals surface area contributed by atoms with Crippen LogP contribution in [0.5, 0.6) is 5.75 Å². The number of aryl methyl sites for hydroxylation is 1. The lowest BCUT2D eigenvalue weighted by atomic mass is 9.86. The number of likely N-dealkylation sites (tertiary alicyclic amines) is 1. The molecule has 0 bridgehead atoms. The third-order valence-corrected chi connectivity index (χ3v) is 6.27. The summed E-state index contributed by atoms with van der Waals surface area (Å²) in [5.41, 5.74) is 10.7. The van der Waals surface area contributed by atoms with Crippen LogP contribution in [0.1, 0.15) is 66.4 Å². The van der Waals surface area contributed by atoms with E-state index in [4.69, 9.17) is 10.5 Å². The first-order valence-electron chi connectivity index (χ1n) is 10.2. The molecule has 0 spiro atoms. The van der Waals surface area contributed by atoms with Crippen molar-refractivity contribution in [3.63, 3.8) is 0 Å². The van der Waals surface area contributed by atoms with E-state index in [1.54, 1.807) is 0 Å². The summed E-state index contributed by atoms with van der Waals surface area (Å²) in [4.78, 5) is 2.36. The quantitative estimate of drug-likeness (QED) is 0.753. The van der Waals surface area contributed by atoms with E-state index in [-0.39, 0.29) is 12.1 Å². The maximum Gasteiger partial charge on any atom is 0.164 e. The molecule has 0 amide bonds. The van der Waals surface area contributed by atoms with Crippen molar-refractivity contribution in [2.75, 3.05) is 13.6 Å². The number of nitrogens with zero attached hydrogens (tertiary/aromatic N) is 4. The van der Waals surface area contributed by atoms with Crippen molar-refractivity contribution < 1.29 is 4.74 Å². The Bertz CT molecular complexity index is 1010. The molecule has 1 saturated heterocycles. The van der Waals surface area contributed by atoms with Crippen molar-refractivity contribution in [3.05, 3.63) is 59.0 Å². The van der Waals surface area contributed by atoms with E-state index in [2.05, 4.69) is 70.0 Å². The number of fused-ring (bicyclic) bond motifs is 2. The first-order chi connectivity index (χ1) is 13.6. The molecule has 146 valence electrons. The number of benzene rings is 1. The molecule has 1 aliphatic carbocycles. The lowest BCUT2D eigenvalue weighted by molar-refractivity contribution is 0.176. The Hall–Kier alpha value is -2.44. The molecule has 3 atom stereocenters. The van der Waals surface area contributed by atoms with Gasteiger partial charge in [0.05, 0.1) is 12.2 Å². The molecule has 1 aromatic carbocycles. The van der Waals surface area contributed by atoms with Crippen molar-refractivity contribution in [2.45, 2.75) is 50.8 Å². The van der Waals surface area contributed by atoms with Gasteiger partial charge in [0.15, 0.2) is 11.5 Å². The third kappa shape index (κ3) is 2.88. The number of nitrogens with two attached hydrogens (primary N) is 1. The van der Waals surface area contributed by atoms with Gasteiger partial charge in [-0.25, -0.2) is 0 Å². The summed E-state index contributed by atoms with van der Waals surface area (Å²) in [7, 11) is 2.16. The lowest BCUT2D eigenvalue weighted by Gasteiger charge is -2.30. The molecule has 3 heterocycles. The Labute approximate surface area is 165 Å². The molecule has 5 rings (SSSR count). The Morgan fingerprint density at radius 2 is 1.93 bits per heavy atom. The van der Waals surface area contributed by atoms with E-state index < -0.39 is 0 Å². The van der Waals surface area contributed by atoms with Gasteiger partial charge in [-0.2, -0.15) is 0 Å². The lowest BCUT2D eigenvalue weighted by Crippen LogP contribution is -2.23. The highest BCUT2D eigenvalue weighted by atomic mass is 16.5. The molecule has 2 aromatic heterocycles. The van der Waals surface area contributed by atoms with Gasteiger partial charge in [-0.15, -0.1) is 10.2 Å². The van der Waals surface area contributed by atoms with Crippen LogP contribution in [0.25, 0.3) is 5.65 Å². The van der Waals surface area contributed by atoms with Gasteiger partial charge in [0.1, 0.15) is 11.9 Å². The van der Waals surface area contributed by atoms with Gasteiger partial charge in [-0.05, 0) is 69.0 Å². The fraction of sp³-hybridized carbons (Fsp3) is 0.455. The Morgan fingerprint density at radius 3 is 2.71 bits per heavy atom. The van der Waals surface area contributed by atoms with Crippen LogP contribution in [0.15, 0.2) is 36.5 Å². The van der Waals surface area contributed by atoms with Crippen LogP contribution in [0.3, 0.4) is 0 Å². The third-order valence-electron chi connectivity index (χ3n) is 6.27. The van der Waals surface area contributed by atoms with Crippen molar-refractivity contribution in [3.8, 4) is 5.75 Å². The van der Waals surface area contributed by atoms with E-state index >= 15 is 0 Å². The molecule has 1 fully saturated rings. The number of hydrogen-bond donors (Lipinski definition) is 1. The largest absolute Gasteiger partial charge is 0.484 e. The van der Waals surface area contributed by atoms with E-state index in [1.165, 1.54) is 17.5 Å². The van der Waals surface area contributed by atoms with Crippen LogP contribution < -0.4 is 10.5 Å². The predicted octanol–water partition coefficient (Wildman–Crippen LogP) is 3.72. The molecule has 1 aliphatic heterocycles. The Balaban J connectivity index is 1.51. The summed E-state index contributed by atoms with van der Waals surface area (Å²) in [6.45, 7) is 3.18. The summed E-state index contributed by atoms with van der Waals surface area (Å²) in [5, 5.41) is 8.97. The predicted molar refractivity (Wildman–Crippen MR) is 108 cm³/mol. The van der Waals surface area contributed by atoms with E-state index in [9.17, 15) is 0 Å². The smallest absolute Gasteiger partial charge is 0.164 e. The average Bonchev–Trinajstić information content (AvgIpc) is 3.30. The van der Waals surface area contributed by atoms with Gasteiger partial charge in [0.2, 0.25) is 0 Å². The second-order valence-electron chi connectivity index (χ2n) is 8.17. The molecule has 0 radical (unpaired) electrons. The van der Waals surface area contributed by atoms with Gasteiger partial charge in [0.25, 0.3) is 0 Å². The maximum atomic E-state index is 6.49. The van der Waals surface area contributed by atoms with Crippen molar-refractivity contribution in [1.82, 2.24) is 19.5 Å². The first kappa shape index (κ1) is 17.6. The molecule has 28 heavy (non-hydrogen) atoms. The summed E-state index contributed by atoms with van der Waals surface area (Å²) >= 11 is 0. The molecule has 2 aliphatic rings. The van der Waals surface area contributed by atoms with Gasteiger partial charge in [-0.1, -0.05) is 24.3 Å². The molecule has 2 N–H and O–H groups in total. The highest BCUT2D eigenvalue weighted by Gasteiger charge is 2.29. The monoisotopic (exact) mass is 377 g/mol. The zero-order valence-electron chi connectivity index (χ0n) is 16.5. The number of ether oxygens (including phenoxy) is 1. The number of hydrogen-bond acceptors (Lipinski definition) is 5. The zero-order chi connectivity index (χ0) is 19.3. The molecule has 6 nitrogen and oxygen atoms in total. The van der Waals surface area contributed by atoms with Crippen LogP contribution in [-0.4, -0.2) is 33.1 Å².